The lowest BCUT2D eigenvalue weighted by Crippen LogP contribution is -2.43. The van der Waals surface area contributed by atoms with Gasteiger partial charge in [0.15, 0.2) is 0 Å². The number of nitrogens with one attached hydrogen (secondary N) is 1. The second-order valence-corrected chi connectivity index (χ2v) is 9.79. The van der Waals surface area contributed by atoms with E-state index >= 15 is 0 Å². The quantitative estimate of drug-likeness (QED) is 0.230. The summed E-state index contributed by atoms with van der Waals surface area (Å²) in [7, 11) is 0. The van der Waals surface area contributed by atoms with Gasteiger partial charge in [0.2, 0.25) is 5.91 Å². The van der Waals surface area contributed by atoms with Crippen LogP contribution in [0, 0.1) is 0 Å². The van der Waals surface area contributed by atoms with E-state index in [1.807, 2.05) is 37.4 Å². The Hall–Kier alpha value is -3.78. The Morgan fingerprint density at radius 2 is 1.59 bits per heavy atom. The summed E-state index contributed by atoms with van der Waals surface area (Å²) in [5, 5.41) is 1.55. The molecule has 2 amide bonds. The van der Waals surface area contributed by atoms with Crippen molar-refractivity contribution in [1.29, 1.82) is 0 Å². The van der Waals surface area contributed by atoms with Gasteiger partial charge in [-0.3, -0.25) is 9.59 Å². The number of para-hydroxylation sites is 1. The SMILES string of the molecule is CCCN(CC(=O)N(CCc1c[nH]c2ccccc12)Cc1ccc(C(F)(F)F)cc1)C(=O)c1ccc(Cl)cc1. The van der Waals surface area contributed by atoms with Gasteiger partial charge in [0.05, 0.1) is 5.56 Å². The monoisotopic (exact) mass is 555 g/mol. The molecule has 1 N–H and O–H groups in total. The first-order chi connectivity index (χ1) is 18.7. The average molecular weight is 556 g/mol. The highest BCUT2D eigenvalue weighted by atomic mass is 35.5. The molecule has 204 valence electrons. The fourth-order valence-corrected chi connectivity index (χ4v) is 4.59. The van der Waals surface area contributed by atoms with Crippen molar-refractivity contribution in [3.8, 4) is 0 Å². The van der Waals surface area contributed by atoms with E-state index in [2.05, 4.69) is 4.98 Å². The second kappa shape index (κ2) is 12.4. The topological polar surface area (TPSA) is 56.4 Å². The highest BCUT2D eigenvalue weighted by molar-refractivity contribution is 6.30. The number of nitrogens with zero attached hydrogens (tertiary/aromatic N) is 2. The number of aromatic amines is 1. The molecule has 1 heterocycles. The van der Waals surface area contributed by atoms with Crippen molar-refractivity contribution in [2.75, 3.05) is 19.6 Å². The number of hydrogen-bond donors (Lipinski definition) is 1. The normalized spacial score (nSPS) is 11.5. The molecule has 1 aromatic heterocycles. The van der Waals surface area contributed by atoms with E-state index in [-0.39, 0.29) is 24.9 Å². The minimum Gasteiger partial charge on any atom is -0.361 e. The Morgan fingerprint density at radius 3 is 2.26 bits per heavy atom. The van der Waals surface area contributed by atoms with Gasteiger partial charge in [-0.1, -0.05) is 48.9 Å². The molecule has 0 radical (unpaired) electrons. The minimum atomic E-state index is -4.44. The first-order valence-electron chi connectivity index (χ1n) is 12.7. The average Bonchev–Trinajstić information content (AvgIpc) is 3.33. The number of carbonyl (C=O) groups excluding carboxylic acids is 2. The molecule has 4 rings (SSSR count). The fourth-order valence-electron chi connectivity index (χ4n) is 4.47. The van der Waals surface area contributed by atoms with Gasteiger partial charge in [-0.15, -0.1) is 0 Å². The van der Waals surface area contributed by atoms with Crippen LogP contribution in [0.25, 0.3) is 10.9 Å². The van der Waals surface area contributed by atoms with Crippen molar-refractivity contribution >= 4 is 34.3 Å². The smallest absolute Gasteiger partial charge is 0.361 e. The second-order valence-electron chi connectivity index (χ2n) is 9.35. The molecule has 5 nitrogen and oxygen atoms in total. The van der Waals surface area contributed by atoms with Crippen LogP contribution in [0.4, 0.5) is 13.2 Å². The first-order valence-corrected chi connectivity index (χ1v) is 13.1. The van der Waals surface area contributed by atoms with E-state index in [4.69, 9.17) is 11.6 Å². The zero-order chi connectivity index (χ0) is 28.0. The molecule has 9 heteroatoms. The Balaban J connectivity index is 1.55. The molecule has 0 saturated carbocycles. The van der Waals surface area contributed by atoms with Crippen LogP contribution in [0.2, 0.25) is 5.02 Å². The van der Waals surface area contributed by atoms with E-state index in [0.717, 1.165) is 28.6 Å². The number of aromatic nitrogens is 1. The summed E-state index contributed by atoms with van der Waals surface area (Å²) < 4.78 is 39.2. The van der Waals surface area contributed by atoms with Crippen LogP contribution in [-0.2, 0) is 23.9 Å². The molecular weight excluding hydrogens is 527 g/mol. The summed E-state index contributed by atoms with van der Waals surface area (Å²) in [6.45, 7) is 2.60. The van der Waals surface area contributed by atoms with E-state index in [0.29, 0.717) is 42.1 Å². The zero-order valence-electron chi connectivity index (χ0n) is 21.5. The van der Waals surface area contributed by atoms with Crippen LogP contribution < -0.4 is 0 Å². The van der Waals surface area contributed by atoms with Crippen molar-refractivity contribution in [3.63, 3.8) is 0 Å². The molecular formula is C30H29ClF3N3O2. The lowest BCUT2D eigenvalue weighted by molar-refractivity contribution is -0.137. The predicted octanol–water partition coefficient (Wildman–Crippen LogP) is 6.96. The summed E-state index contributed by atoms with van der Waals surface area (Å²) >= 11 is 5.96. The summed E-state index contributed by atoms with van der Waals surface area (Å²) in [4.78, 5) is 33.1. The maximum Gasteiger partial charge on any atom is 0.416 e. The molecule has 0 spiro atoms. The summed E-state index contributed by atoms with van der Waals surface area (Å²) in [6, 6.07) is 19.1. The number of halogens is 4. The van der Waals surface area contributed by atoms with Gasteiger partial charge in [-0.2, -0.15) is 13.2 Å². The van der Waals surface area contributed by atoms with Gasteiger partial charge in [0.1, 0.15) is 6.54 Å². The number of hydrogen-bond acceptors (Lipinski definition) is 2. The number of benzene rings is 3. The maximum absolute atomic E-state index is 13.6. The lowest BCUT2D eigenvalue weighted by atomic mass is 10.1. The summed E-state index contributed by atoms with van der Waals surface area (Å²) in [5.74, 6) is -0.571. The van der Waals surface area contributed by atoms with E-state index < -0.39 is 11.7 Å². The number of fused-ring (bicyclic) bond motifs is 1. The van der Waals surface area contributed by atoms with Crippen LogP contribution in [-0.4, -0.2) is 46.2 Å². The molecule has 0 unspecified atom stereocenters. The lowest BCUT2D eigenvalue weighted by Gasteiger charge is -2.28. The third-order valence-corrected chi connectivity index (χ3v) is 6.78. The standard InChI is InChI=1S/C30H29ClF3N3O2/c1-2-16-37(29(39)22-9-13-25(31)14-10-22)20-28(38)36(19-21-7-11-24(12-8-21)30(32,33)34)17-15-23-18-35-27-6-4-3-5-26(23)27/h3-14,18,35H,2,15-17,19-20H2,1H3. The number of carbonyl (C=O) groups is 2. The molecule has 0 fully saturated rings. The Morgan fingerprint density at radius 1 is 0.897 bits per heavy atom. The number of rotatable bonds is 10. The van der Waals surface area contributed by atoms with Gasteiger partial charge in [-0.05, 0) is 66.4 Å². The highest BCUT2D eigenvalue weighted by Crippen LogP contribution is 2.29. The van der Waals surface area contributed by atoms with Crippen LogP contribution in [0.5, 0.6) is 0 Å². The molecule has 0 aliphatic carbocycles. The van der Waals surface area contributed by atoms with Gasteiger partial charge in [-0.25, -0.2) is 0 Å². The number of amides is 2. The van der Waals surface area contributed by atoms with E-state index in [1.165, 1.54) is 17.0 Å². The predicted molar refractivity (Wildman–Crippen MR) is 147 cm³/mol. The van der Waals surface area contributed by atoms with Crippen LogP contribution in [0.1, 0.15) is 40.4 Å². The summed E-state index contributed by atoms with van der Waals surface area (Å²) in [5.41, 5.74) is 2.26. The molecule has 3 aromatic carbocycles. The highest BCUT2D eigenvalue weighted by Gasteiger charge is 2.30. The van der Waals surface area contributed by atoms with Gasteiger partial charge in [0, 0.05) is 47.3 Å². The van der Waals surface area contributed by atoms with E-state index in [1.54, 1.807) is 29.2 Å². The molecule has 0 aliphatic rings. The molecule has 0 atom stereocenters. The number of alkyl halides is 3. The van der Waals surface area contributed by atoms with Gasteiger partial charge >= 0.3 is 6.18 Å². The van der Waals surface area contributed by atoms with Crippen molar-refractivity contribution in [2.45, 2.75) is 32.5 Å². The molecule has 4 aromatic rings. The fraction of sp³-hybridized carbons (Fsp3) is 0.267. The van der Waals surface area contributed by atoms with Crippen LogP contribution >= 0.6 is 11.6 Å². The van der Waals surface area contributed by atoms with Crippen LogP contribution in [0.15, 0.2) is 79.0 Å². The molecule has 0 aliphatic heterocycles. The van der Waals surface area contributed by atoms with Crippen molar-refractivity contribution in [1.82, 2.24) is 14.8 Å². The van der Waals surface area contributed by atoms with Crippen LogP contribution in [0.3, 0.4) is 0 Å². The Labute approximate surface area is 230 Å². The number of H-pyrrole nitrogens is 1. The zero-order valence-corrected chi connectivity index (χ0v) is 22.2. The Kier molecular flexibility index (Phi) is 8.97. The molecule has 39 heavy (non-hydrogen) atoms. The van der Waals surface area contributed by atoms with Crippen molar-refractivity contribution < 1.29 is 22.8 Å². The molecule has 0 saturated heterocycles. The third-order valence-electron chi connectivity index (χ3n) is 6.53. The van der Waals surface area contributed by atoms with Crippen molar-refractivity contribution in [3.05, 3.63) is 106 Å². The van der Waals surface area contributed by atoms with Gasteiger partial charge < -0.3 is 14.8 Å². The first kappa shape index (κ1) is 28.2. The third kappa shape index (κ3) is 7.20. The van der Waals surface area contributed by atoms with Gasteiger partial charge in [0.25, 0.3) is 5.91 Å². The Bertz CT molecular complexity index is 1420. The molecule has 0 bridgehead atoms. The van der Waals surface area contributed by atoms with Crippen molar-refractivity contribution in [2.24, 2.45) is 0 Å². The van der Waals surface area contributed by atoms with E-state index in [9.17, 15) is 22.8 Å². The maximum atomic E-state index is 13.6. The minimum absolute atomic E-state index is 0.119. The largest absolute Gasteiger partial charge is 0.416 e. The summed E-state index contributed by atoms with van der Waals surface area (Å²) in [6.07, 6.45) is -1.35.